The maximum Gasteiger partial charge on any atom is 0.241 e. The topological polar surface area (TPSA) is 71.1 Å². The minimum atomic E-state index is -3.48. The molecule has 0 saturated carbocycles. The van der Waals surface area contributed by atoms with Crippen molar-refractivity contribution in [2.75, 3.05) is 6.54 Å². The molecule has 0 bridgehead atoms. The van der Waals surface area contributed by atoms with Gasteiger partial charge in [0.05, 0.1) is 17.1 Å². The number of thiophene rings is 1. The Morgan fingerprint density at radius 3 is 2.86 bits per heavy atom. The Kier molecular flexibility index (Phi) is 5.86. The van der Waals surface area contributed by atoms with Gasteiger partial charge in [0.2, 0.25) is 10.0 Å². The summed E-state index contributed by atoms with van der Waals surface area (Å²) in [5.74, 6) is 0. The first kappa shape index (κ1) is 16.1. The number of pyridine rings is 1. The number of nitrogens with zero attached hydrogens (tertiary/aromatic N) is 1. The highest BCUT2D eigenvalue weighted by molar-refractivity contribution is 7.89. The molecule has 21 heavy (non-hydrogen) atoms. The van der Waals surface area contributed by atoms with Crippen LogP contribution in [0.5, 0.6) is 0 Å². The fraction of sp³-hybridized carbons (Fsp3) is 0.357. The molecule has 0 unspecified atom stereocenters. The molecule has 5 nitrogen and oxygen atoms in total. The SMILES string of the molecule is CCCNCc1cc(S(=O)(=O)NCc2ccccn2)cs1. The van der Waals surface area contributed by atoms with Gasteiger partial charge in [-0.05, 0) is 31.2 Å². The molecular weight excluding hydrogens is 306 g/mol. The summed E-state index contributed by atoms with van der Waals surface area (Å²) in [6, 6.07) is 7.13. The molecule has 2 rings (SSSR count). The summed E-state index contributed by atoms with van der Waals surface area (Å²) < 4.78 is 27.0. The summed E-state index contributed by atoms with van der Waals surface area (Å²) in [5, 5.41) is 4.93. The number of nitrogens with one attached hydrogen (secondary N) is 2. The van der Waals surface area contributed by atoms with E-state index in [0.717, 1.165) is 17.8 Å². The van der Waals surface area contributed by atoms with E-state index in [0.29, 0.717) is 17.1 Å². The van der Waals surface area contributed by atoms with E-state index in [4.69, 9.17) is 0 Å². The number of sulfonamides is 1. The van der Waals surface area contributed by atoms with Gasteiger partial charge >= 0.3 is 0 Å². The molecule has 114 valence electrons. The summed E-state index contributed by atoms with van der Waals surface area (Å²) in [5.41, 5.74) is 0.696. The van der Waals surface area contributed by atoms with Gasteiger partial charge in [-0.1, -0.05) is 13.0 Å². The monoisotopic (exact) mass is 325 g/mol. The lowest BCUT2D eigenvalue weighted by Gasteiger charge is -2.04. The van der Waals surface area contributed by atoms with Crippen molar-refractivity contribution in [2.24, 2.45) is 0 Å². The molecule has 0 aliphatic rings. The van der Waals surface area contributed by atoms with Gasteiger partial charge in [-0.15, -0.1) is 11.3 Å². The van der Waals surface area contributed by atoms with Crippen LogP contribution in [0.1, 0.15) is 23.9 Å². The van der Waals surface area contributed by atoms with Crippen molar-refractivity contribution in [3.8, 4) is 0 Å². The molecule has 0 fully saturated rings. The maximum absolute atomic E-state index is 12.2. The molecule has 0 spiro atoms. The number of aromatic nitrogens is 1. The average Bonchev–Trinajstić information content (AvgIpc) is 2.96. The zero-order valence-corrected chi connectivity index (χ0v) is 13.5. The Morgan fingerprint density at radius 2 is 2.14 bits per heavy atom. The highest BCUT2D eigenvalue weighted by atomic mass is 32.2. The molecule has 7 heteroatoms. The lowest BCUT2D eigenvalue weighted by atomic mass is 10.4. The highest BCUT2D eigenvalue weighted by Gasteiger charge is 2.16. The van der Waals surface area contributed by atoms with Gasteiger partial charge in [0.1, 0.15) is 0 Å². The van der Waals surface area contributed by atoms with Crippen LogP contribution in [-0.2, 0) is 23.1 Å². The van der Waals surface area contributed by atoms with Crippen molar-refractivity contribution < 1.29 is 8.42 Å². The first-order valence-corrected chi connectivity index (χ1v) is 9.16. The van der Waals surface area contributed by atoms with E-state index < -0.39 is 10.0 Å². The molecular formula is C14H19N3O2S2. The molecule has 0 aromatic carbocycles. The van der Waals surface area contributed by atoms with Crippen molar-refractivity contribution in [3.63, 3.8) is 0 Å². The molecule has 0 aliphatic heterocycles. The first-order valence-electron chi connectivity index (χ1n) is 6.79. The van der Waals surface area contributed by atoms with Crippen LogP contribution in [0.4, 0.5) is 0 Å². The molecule has 0 radical (unpaired) electrons. The van der Waals surface area contributed by atoms with Gasteiger partial charge in [0.15, 0.2) is 0 Å². The second kappa shape index (κ2) is 7.65. The van der Waals surface area contributed by atoms with Gasteiger partial charge < -0.3 is 5.32 Å². The van der Waals surface area contributed by atoms with Crippen molar-refractivity contribution in [1.29, 1.82) is 0 Å². The van der Waals surface area contributed by atoms with E-state index in [-0.39, 0.29) is 6.54 Å². The normalized spacial score (nSPS) is 11.7. The fourth-order valence-corrected chi connectivity index (χ4v) is 3.98. The van der Waals surface area contributed by atoms with E-state index in [2.05, 4.69) is 21.9 Å². The van der Waals surface area contributed by atoms with Gasteiger partial charge in [0, 0.05) is 23.0 Å². The summed E-state index contributed by atoms with van der Waals surface area (Å²) in [7, 11) is -3.48. The van der Waals surface area contributed by atoms with Crippen molar-refractivity contribution in [1.82, 2.24) is 15.0 Å². The molecule has 0 saturated heterocycles. The van der Waals surface area contributed by atoms with Crippen LogP contribution < -0.4 is 10.0 Å². The minimum Gasteiger partial charge on any atom is -0.312 e. The third kappa shape index (κ3) is 4.89. The maximum atomic E-state index is 12.2. The third-order valence-electron chi connectivity index (χ3n) is 2.84. The molecule has 0 amide bonds. The molecule has 2 aromatic rings. The van der Waals surface area contributed by atoms with Crippen LogP contribution in [0.25, 0.3) is 0 Å². The molecule has 2 N–H and O–H groups in total. The zero-order chi connectivity index (χ0) is 15.1. The summed E-state index contributed by atoms with van der Waals surface area (Å²) in [4.78, 5) is 5.43. The Labute approximate surface area is 129 Å². The van der Waals surface area contributed by atoms with Crippen LogP contribution in [0.3, 0.4) is 0 Å². The molecule has 2 aromatic heterocycles. The van der Waals surface area contributed by atoms with Crippen molar-refractivity contribution in [3.05, 3.63) is 46.4 Å². The number of rotatable bonds is 8. The van der Waals surface area contributed by atoms with Crippen LogP contribution >= 0.6 is 11.3 Å². The predicted octanol–water partition coefficient (Wildman–Crippen LogP) is 2.12. The Hall–Kier alpha value is -1.28. The van der Waals surface area contributed by atoms with Gasteiger partial charge in [-0.3, -0.25) is 4.98 Å². The third-order valence-corrected chi connectivity index (χ3v) is 5.30. The van der Waals surface area contributed by atoms with Crippen molar-refractivity contribution >= 4 is 21.4 Å². The van der Waals surface area contributed by atoms with E-state index in [1.807, 2.05) is 6.07 Å². The summed E-state index contributed by atoms with van der Waals surface area (Å²) in [6.45, 7) is 3.92. The van der Waals surface area contributed by atoms with E-state index in [9.17, 15) is 8.42 Å². The minimum absolute atomic E-state index is 0.197. The second-order valence-electron chi connectivity index (χ2n) is 4.57. The predicted molar refractivity (Wildman–Crippen MR) is 84.6 cm³/mol. The summed E-state index contributed by atoms with van der Waals surface area (Å²) >= 11 is 1.45. The standard InChI is InChI=1S/C14H19N3O2S2/c1-2-6-15-10-13-8-14(11-20-13)21(18,19)17-9-12-5-3-4-7-16-12/h3-5,7-8,11,15,17H,2,6,9-10H2,1H3. The molecule has 0 atom stereocenters. The van der Waals surface area contributed by atoms with E-state index >= 15 is 0 Å². The molecule has 2 heterocycles. The lowest BCUT2D eigenvalue weighted by Crippen LogP contribution is -2.23. The van der Waals surface area contributed by atoms with E-state index in [1.54, 1.807) is 29.8 Å². The second-order valence-corrected chi connectivity index (χ2v) is 7.33. The van der Waals surface area contributed by atoms with Crippen LogP contribution in [0.15, 0.2) is 40.7 Å². The zero-order valence-electron chi connectivity index (χ0n) is 11.9. The van der Waals surface area contributed by atoms with Crippen molar-refractivity contribution in [2.45, 2.75) is 31.3 Å². The van der Waals surface area contributed by atoms with Gasteiger partial charge in [-0.25, -0.2) is 13.1 Å². The Morgan fingerprint density at radius 1 is 1.29 bits per heavy atom. The lowest BCUT2D eigenvalue weighted by molar-refractivity contribution is 0.580. The Balaban J connectivity index is 1.96. The number of hydrogen-bond donors (Lipinski definition) is 2. The smallest absolute Gasteiger partial charge is 0.241 e. The number of hydrogen-bond acceptors (Lipinski definition) is 5. The Bertz CT molecular complexity index is 654. The van der Waals surface area contributed by atoms with Gasteiger partial charge in [0.25, 0.3) is 0 Å². The first-order chi connectivity index (χ1) is 10.1. The van der Waals surface area contributed by atoms with Crippen LogP contribution in [0.2, 0.25) is 0 Å². The van der Waals surface area contributed by atoms with Crippen LogP contribution in [0, 0.1) is 0 Å². The van der Waals surface area contributed by atoms with Crippen LogP contribution in [-0.4, -0.2) is 19.9 Å². The quantitative estimate of drug-likeness (QED) is 0.729. The largest absolute Gasteiger partial charge is 0.312 e. The fourth-order valence-electron chi connectivity index (χ4n) is 1.74. The van der Waals surface area contributed by atoms with E-state index in [1.165, 1.54) is 11.3 Å². The average molecular weight is 325 g/mol. The summed E-state index contributed by atoms with van der Waals surface area (Å²) in [6.07, 6.45) is 2.70. The highest BCUT2D eigenvalue weighted by Crippen LogP contribution is 2.19. The molecule has 0 aliphatic carbocycles. The van der Waals surface area contributed by atoms with Gasteiger partial charge in [-0.2, -0.15) is 0 Å².